The van der Waals surface area contributed by atoms with Crippen molar-refractivity contribution in [2.45, 2.75) is 37.6 Å². The number of aliphatic imine (C=N–C) groups is 1. The van der Waals surface area contributed by atoms with E-state index in [0.717, 1.165) is 24.7 Å². The van der Waals surface area contributed by atoms with Crippen LogP contribution in [0.1, 0.15) is 32.1 Å². The summed E-state index contributed by atoms with van der Waals surface area (Å²) in [4.78, 5) is 4.52. The Morgan fingerprint density at radius 2 is 1.80 bits per heavy atom. The monoisotopic (exact) mass is 205 g/mol. The highest BCUT2D eigenvalue weighted by Crippen LogP contribution is 2.59. The number of guanidine groups is 1. The first-order valence-electron chi connectivity index (χ1n) is 5.89. The summed E-state index contributed by atoms with van der Waals surface area (Å²) in [7, 11) is 0. The first kappa shape index (κ1) is 9.25. The normalized spacial score (nSPS) is 46.9. The van der Waals surface area contributed by atoms with Gasteiger partial charge in [0.2, 0.25) is 0 Å². The van der Waals surface area contributed by atoms with Crippen LogP contribution in [-0.2, 0) is 0 Å². The lowest BCUT2D eigenvalue weighted by Crippen LogP contribution is -2.52. The quantitative estimate of drug-likeness (QED) is 0.386. The maximum atomic E-state index is 5.56. The molecule has 4 bridgehead atoms. The van der Waals surface area contributed by atoms with E-state index in [9.17, 15) is 0 Å². The summed E-state index contributed by atoms with van der Waals surface area (Å²) in [5.74, 6) is 2.62. The van der Waals surface area contributed by atoms with Crippen molar-refractivity contribution in [3.63, 3.8) is 0 Å². The molecule has 15 heavy (non-hydrogen) atoms. The molecule has 0 radical (unpaired) electrons. The average molecular weight is 205 g/mol. The second-order valence-corrected chi connectivity index (χ2v) is 5.64. The van der Waals surface area contributed by atoms with E-state index in [1.54, 1.807) is 0 Å². The molecule has 0 saturated heterocycles. The van der Waals surface area contributed by atoms with Crippen LogP contribution in [0.3, 0.4) is 0 Å². The van der Waals surface area contributed by atoms with Gasteiger partial charge in [0, 0.05) is 0 Å². The molecule has 2 unspecified atom stereocenters. The number of nitrogens with zero attached hydrogens (tertiary/aromatic N) is 1. The summed E-state index contributed by atoms with van der Waals surface area (Å²) in [5, 5.41) is 0. The first-order chi connectivity index (χ1) is 7.09. The van der Waals surface area contributed by atoms with E-state index < -0.39 is 0 Å². The molecule has 4 fully saturated rings. The van der Waals surface area contributed by atoms with E-state index in [2.05, 4.69) is 11.6 Å². The van der Waals surface area contributed by atoms with E-state index in [0.29, 0.717) is 5.92 Å². The maximum absolute atomic E-state index is 5.56. The Morgan fingerprint density at radius 3 is 2.33 bits per heavy atom. The van der Waals surface area contributed by atoms with Crippen LogP contribution in [0.2, 0.25) is 0 Å². The minimum absolute atomic E-state index is 0.0758. The van der Waals surface area contributed by atoms with Gasteiger partial charge in [0.25, 0.3) is 0 Å². The lowest BCUT2D eigenvalue weighted by molar-refractivity contribution is 0.0528. The van der Waals surface area contributed by atoms with Crippen LogP contribution in [0, 0.1) is 17.8 Å². The van der Waals surface area contributed by atoms with Gasteiger partial charge in [-0.25, -0.2) is 4.99 Å². The van der Waals surface area contributed by atoms with E-state index >= 15 is 0 Å². The number of rotatable bonds is 1. The van der Waals surface area contributed by atoms with Crippen LogP contribution >= 0.6 is 0 Å². The van der Waals surface area contributed by atoms with E-state index in [4.69, 9.17) is 11.5 Å². The van der Waals surface area contributed by atoms with Gasteiger partial charge in [0.05, 0.1) is 5.54 Å². The SMILES string of the molecule is C=C1C2CC3CC(C2)CC1(N=C(N)N)C3. The van der Waals surface area contributed by atoms with Crippen LogP contribution in [0.15, 0.2) is 17.1 Å². The molecule has 0 aliphatic heterocycles. The molecular formula is C12H19N3. The van der Waals surface area contributed by atoms with Gasteiger partial charge in [0.1, 0.15) is 0 Å². The molecule has 0 aromatic heterocycles. The van der Waals surface area contributed by atoms with Crippen molar-refractivity contribution in [1.82, 2.24) is 0 Å². The fourth-order valence-electron chi connectivity index (χ4n) is 4.27. The molecular weight excluding hydrogens is 186 g/mol. The lowest BCUT2D eigenvalue weighted by atomic mass is 9.51. The van der Waals surface area contributed by atoms with Gasteiger partial charge in [-0.2, -0.15) is 0 Å². The zero-order chi connectivity index (χ0) is 10.6. The molecule has 4 saturated carbocycles. The Hall–Kier alpha value is -0.990. The number of hydrogen-bond donors (Lipinski definition) is 2. The Kier molecular flexibility index (Phi) is 1.71. The second kappa shape index (κ2) is 2.77. The zero-order valence-electron chi connectivity index (χ0n) is 9.08. The number of hydrogen-bond acceptors (Lipinski definition) is 1. The van der Waals surface area contributed by atoms with Gasteiger partial charge in [0.15, 0.2) is 5.96 Å². The smallest absolute Gasteiger partial charge is 0.186 e. The van der Waals surface area contributed by atoms with Gasteiger partial charge in [-0.15, -0.1) is 0 Å². The molecule has 4 aliphatic carbocycles. The van der Waals surface area contributed by atoms with Gasteiger partial charge < -0.3 is 11.5 Å². The predicted octanol–water partition coefficient (Wildman–Crippen LogP) is 1.39. The Morgan fingerprint density at radius 1 is 1.20 bits per heavy atom. The van der Waals surface area contributed by atoms with Crippen LogP contribution in [0.4, 0.5) is 0 Å². The molecule has 4 aliphatic rings. The molecule has 0 spiro atoms. The van der Waals surface area contributed by atoms with E-state index in [1.165, 1.54) is 24.8 Å². The third-order valence-electron chi connectivity index (χ3n) is 4.59. The lowest BCUT2D eigenvalue weighted by Gasteiger charge is -2.56. The molecule has 0 aromatic rings. The fraction of sp³-hybridized carbons (Fsp3) is 0.750. The molecule has 4 rings (SSSR count). The van der Waals surface area contributed by atoms with Gasteiger partial charge in [-0.1, -0.05) is 6.58 Å². The van der Waals surface area contributed by atoms with Crippen molar-refractivity contribution >= 4 is 5.96 Å². The summed E-state index contributed by atoms with van der Waals surface area (Å²) in [6.07, 6.45) is 6.33. The van der Waals surface area contributed by atoms with Crippen LogP contribution in [0.5, 0.6) is 0 Å². The van der Waals surface area contributed by atoms with Crippen molar-refractivity contribution < 1.29 is 0 Å². The van der Waals surface area contributed by atoms with E-state index in [-0.39, 0.29) is 11.5 Å². The van der Waals surface area contributed by atoms with Crippen LogP contribution in [-0.4, -0.2) is 11.5 Å². The molecule has 3 heteroatoms. The Balaban J connectivity index is 2.01. The summed E-state index contributed by atoms with van der Waals surface area (Å²) in [6, 6.07) is 0. The maximum Gasteiger partial charge on any atom is 0.186 e. The number of nitrogens with two attached hydrogens (primary N) is 2. The van der Waals surface area contributed by atoms with Gasteiger partial charge in [-0.3, -0.25) is 0 Å². The van der Waals surface area contributed by atoms with Gasteiger partial charge >= 0.3 is 0 Å². The van der Waals surface area contributed by atoms with Crippen molar-refractivity contribution in [3.05, 3.63) is 12.2 Å². The topological polar surface area (TPSA) is 64.4 Å². The largest absolute Gasteiger partial charge is 0.370 e. The minimum Gasteiger partial charge on any atom is -0.370 e. The highest BCUT2D eigenvalue weighted by molar-refractivity contribution is 5.76. The second-order valence-electron chi connectivity index (χ2n) is 5.64. The summed E-state index contributed by atoms with van der Waals surface area (Å²) >= 11 is 0. The van der Waals surface area contributed by atoms with Crippen molar-refractivity contribution in [1.29, 1.82) is 0 Å². The fourth-order valence-corrected chi connectivity index (χ4v) is 4.27. The molecule has 0 amide bonds. The molecule has 0 aromatic carbocycles. The first-order valence-corrected chi connectivity index (χ1v) is 5.89. The standard InChI is InChI=1S/C12H19N3/c1-7-10-3-8-2-9(4-10)6-12(7,5-8)15-11(13)14/h8-10H,1-6H2,(H4,13,14,15). The molecule has 4 N–H and O–H groups in total. The van der Waals surface area contributed by atoms with E-state index in [1.807, 2.05) is 0 Å². The summed E-state index contributed by atoms with van der Waals surface area (Å²) < 4.78 is 0. The summed E-state index contributed by atoms with van der Waals surface area (Å²) in [5.41, 5.74) is 12.4. The Bertz CT molecular complexity index is 327. The van der Waals surface area contributed by atoms with Crippen molar-refractivity contribution in [3.8, 4) is 0 Å². The average Bonchev–Trinajstić information content (AvgIpc) is 2.11. The van der Waals surface area contributed by atoms with Crippen LogP contribution < -0.4 is 11.5 Å². The third-order valence-corrected chi connectivity index (χ3v) is 4.59. The highest BCUT2D eigenvalue weighted by Gasteiger charge is 2.53. The van der Waals surface area contributed by atoms with Crippen LogP contribution in [0.25, 0.3) is 0 Å². The third kappa shape index (κ3) is 1.22. The predicted molar refractivity (Wildman–Crippen MR) is 61.2 cm³/mol. The van der Waals surface area contributed by atoms with Crippen molar-refractivity contribution in [2.75, 3.05) is 0 Å². The van der Waals surface area contributed by atoms with Gasteiger partial charge in [-0.05, 0) is 55.4 Å². The molecule has 0 heterocycles. The van der Waals surface area contributed by atoms with Crippen molar-refractivity contribution in [2.24, 2.45) is 34.2 Å². The highest BCUT2D eigenvalue weighted by atomic mass is 15.0. The Labute approximate surface area is 90.6 Å². The minimum atomic E-state index is -0.0758. The zero-order valence-corrected chi connectivity index (χ0v) is 9.08. The molecule has 3 nitrogen and oxygen atoms in total. The molecule has 82 valence electrons. The summed E-state index contributed by atoms with van der Waals surface area (Å²) in [6.45, 7) is 4.26. The molecule has 2 atom stereocenters.